The SMILES string of the molecule is CC1C2C3CCC4CC3C1C(C)(C)C4(C)C2C. The average Bonchev–Trinajstić information content (AvgIpc) is 2.44. The van der Waals surface area contributed by atoms with Crippen molar-refractivity contribution in [1.82, 2.24) is 0 Å². The van der Waals surface area contributed by atoms with Crippen LogP contribution >= 0.6 is 0 Å². The molecule has 8 unspecified atom stereocenters. The molecular weight excluding hydrogens is 204 g/mol. The zero-order valence-corrected chi connectivity index (χ0v) is 12.2. The predicted molar refractivity (Wildman–Crippen MR) is 71.5 cm³/mol. The van der Waals surface area contributed by atoms with E-state index in [1.54, 1.807) is 19.3 Å². The van der Waals surface area contributed by atoms with Gasteiger partial charge in [0.15, 0.2) is 0 Å². The minimum atomic E-state index is 0.588. The van der Waals surface area contributed by atoms with E-state index in [0.29, 0.717) is 10.8 Å². The van der Waals surface area contributed by atoms with Crippen LogP contribution in [0, 0.1) is 52.3 Å². The van der Waals surface area contributed by atoms with Crippen LogP contribution in [0.4, 0.5) is 0 Å². The minimum Gasteiger partial charge on any atom is -0.0619 e. The molecule has 0 heterocycles. The molecule has 0 nitrogen and oxygen atoms in total. The van der Waals surface area contributed by atoms with Crippen molar-refractivity contribution in [2.45, 2.75) is 53.9 Å². The molecule has 0 spiro atoms. The van der Waals surface area contributed by atoms with Crippen LogP contribution < -0.4 is 0 Å². The first-order valence-electron chi connectivity index (χ1n) is 7.90. The summed E-state index contributed by atoms with van der Waals surface area (Å²) < 4.78 is 0. The zero-order chi connectivity index (χ0) is 12.2. The standard InChI is InChI=1S/C17H28/c1-9-14-10(2)17(5)11-6-7-12(14)13(8-11)15(9)16(17,3)4/h9-15H,6-8H2,1-5H3. The van der Waals surface area contributed by atoms with Crippen LogP contribution in [-0.4, -0.2) is 0 Å². The summed E-state index contributed by atoms with van der Waals surface area (Å²) in [6.45, 7) is 13.1. The molecule has 4 saturated carbocycles. The van der Waals surface area contributed by atoms with Crippen LogP contribution in [0.15, 0.2) is 0 Å². The summed E-state index contributed by atoms with van der Waals surface area (Å²) >= 11 is 0. The van der Waals surface area contributed by atoms with Gasteiger partial charge in [-0.05, 0) is 71.5 Å². The van der Waals surface area contributed by atoms with Gasteiger partial charge in [-0.15, -0.1) is 0 Å². The second kappa shape index (κ2) is 2.78. The fraction of sp³-hybridized carbons (Fsp3) is 1.00. The van der Waals surface area contributed by atoms with Crippen LogP contribution in [0.25, 0.3) is 0 Å². The number of hydrogen-bond acceptors (Lipinski definition) is 0. The lowest BCUT2D eigenvalue weighted by Gasteiger charge is -2.65. The molecule has 0 aromatic heterocycles. The summed E-state index contributed by atoms with van der Waals surface area (Å²) in [6, 6.07) is 0. The van der Waals surface area contributed by atoms with Gasteiger partial charge in [0.1, 0.15) is 0 Å². The molecular formula is C17H28. The van der Waals surface area contributed by atoms with E-state index in [1.807, 2.05) is 0 Å². The fourth-order valence-corrected chi connectivity index (χ4v) is 7.95. The minimum absolute atomic E-state index is 0.588. The molecule has 0 amide bonds. The van der Waals surface area contributed by atoms with Gasteiger partial charge < -0.3 is 0 Å². The maximum atomic E-state index is 2.66. The van der Waals surface area contributed by atoms with Crippen molar-refractivity contribution in [1.29, 1.82) is 0 Å². The van der Waals surface area contributed by atoms with Crippen molar-refractivity contribution in [2.24, 2.45) is 52.3 Å². The molecule has 0 saturated heterocycles. The molecule has 96 valence electrons. The second-order valence-electron chi connectivity index (χ2n) is 8.59. The Labute approximate surface area is 107 Å². The molecule has 0 radical (unpaired) electrons. The maximum absolute atomic E-state index is 2.66. The van der Waals surface area contributed by atoms with E-state index in [2.05, 4.69) is 34.6 Å². The Hall–Kier alpha value is 0. The van der Waals surface area contributed by atoms with Crippen molar-refractivity contribution in [3.8, 4) is 0 Å². The molecule has 8 atom stereocenters. The molecule has 0 aromatic rings. The van der Waals surface area contributed by atoms with Gasteiger partial charge in [0.25, 0.3) is 0 Å². The van der Waals surface area contributed by atoms with Crippen LogP contribution in [0.2, 0.25) is 0 Å². The Bertz CT molecular complexity index is 368. The van der Waals surface area contributed by atoms with Crippen molar-refractivity contribution >= 4 is 0 Å². The van der Waals surface area contributed by atoms with E-state index in [0.717, 1.165) is 41.4 Å². The lowest BCUT2D eigenvalue weighted by atomic mass is 9.40. The van der Waals surface area contributed by atoms with Gasteiger partial charge in [0.05, 0.1) is 0 Å². The second-order valence-corrected chi connectivity index (χ2v) is 8.59. The highest BCUT2D eigenvalue weighted by Gasteiger charge is 2.72. The van der Waals surface area contributed by atoms with E-state index in [4.69, 9.17) is 0 Å². The van der Waals surface area contributed by atoms with Crippen LogP contribution in [0.1, 0.15) is 53.9 Å². The highest BCUT2D eigenvalue weighted by molar-refractivity contribution is 5.20. The van der Waals surface area contributed by atoms with Gasteiger partial charge in [-0.3, -0.25) is 0 Å². The summed E-state index contributed by atoms with van der Waals surface area (Å²) in [6.07, 6.45) is 4.69. The average molecular weight is 232 g/mol. The highest BCUT2D eigenvalue weighted by Crippen LogP contribution is 2.78. The molecule has 0 aliphatic heterocycles. The van der Waals surface area contributed by atoms with Crippen LogP contribution in [-0.2, 0) is 0 Å². The van der Waals surface area contributed by atoms with E-state index >= 15 is 0 Å². The van der Waals surface area contributed by atoms with Crippen molar-refractivity contribution < 1.29 is 0 Å². The van der Waals surface area contributed by atoms with E-state index in [9.17, 15) is 0 Å². The summed E-state index contributed by atoms with van der Waals surface area (Å²) in [5.74, 6) is 7.32. The molecule has 4 aliphatic carbocycles. The Morgan fingerprint density at radius 3 is 2.35 bits per heavy atom. The van der Waals surface area contributed by atoms with E-state index in [-0.39, 0.29) is 0 Å². The first-order valence-corrected chi connectivity index (χ1v) is 7.90. The first kappa shape index (κ1) is 10.9. The maximum Gasteiger partial charge on any atom is -0.0215 e. The van der Waals surface area contributed by atoms with E-state index < -0.39 is 0 Å². The molecule has 5 bridgehead atoms. The normalized spacial score (nSPS) is 66.5. The molecule has 0 N–H and O–H groups in total. The molecule has 4 aliphatic rings. The number of fused-ring (bicyclic) bond motifs is 5. The first-order chi connectivity index (χ1) is 7.90. The van der Waals surface area contributed by atoms with Gasteiger partial charge in [-0.2, -0.15) is 0 Å². The van der Waals surface area contributed by atoms with Gasteiger partial charge in [-0.1, -0.05) is 34.6 Å². The third-order valence-corrected chi connectivity index (χ3v) is 8.68. The Balaban J connectivity index is 1.98. The lowest BCUT2D eigenvalue weighted by Crippen LogP contribution is -2.59. The molecule has 0 heteroatoms. The van der Waals surface area contributed by atoms with Gasteiger partial charge in [0.2, 0.25) is 0 Å². The predicted octanol–water partition coefficient (Wildman–Crippen LogP) is 4.60. The monoisotopic (exact) mass is 232 g/mol. The summed E-state index contributed by atoms with van der Waals surface area (Å²) in [7, 11) is 0. The van der Waals surface area contributed by atoms with Crippen molar-refractivity contribution in [2.75, 3.05) is 0 Å². The summed E-state index contributed by atoms with van der Waals surface area (Å²) in [4.78, 5) is 0. The smallest absolute Gasteiger partial charge is 0.0215 e. The topological polar surface area (TPSA) is 0 Å². The van der Waals surface area contributed by atoms with Crippen LogP contribution in [0.5, 0.6) is 0 Å². The van der Waals surface area contributed by atoms with Gasteiger partial charge in [0, 0.05) is 0 Å². The van der Waals surface area contributed by atoms with Crippen molar-refractivity contribution in [3.05, 3.63) is 0 Å². The van der Waals surface area contributed by atoms with Gasteiger partial charge >= 0.3 is 0 Å². The highest BCUT2D eigenvalue weighted by atomic mass is 14.8. The summed E-state index contributed by atoms with van der Waals surface area (Å²) in [5.41, 5.74) is 1.22. The molecule has 4 rings (SSSR count). The molecule has 4 fully saturated rings. The third-order valence-electron chi connectivity index (χ3n) is 8.68. The number of hydrogen-bond donors (Lipinski definition) is 0. The third kappa shape index (κ3) is 0.871. The number of rotatable bonds is 0. The van der Waals surface area contributed by atoms with Crippen LogP contribution in [0.3, 0.4) is 0 Å². The molecule has 17 heavy (non-hydrogen) atoms. The Kier molecular flexibility index (Phi) is 1.78. The fourth-order valence-electron chi connectivity index (χ4n) is 7.95. The lowest BCUT2D eigenvalue weighted by molar-refractivity contribution is -0.171. The quantitative estimate of drug-likeness (QED) is 0.573. The van der Waals surface area contributed by atoms with Gasteiger partial charge in [-0.25, -0.2) is 0 Å². The van der Waals surface area contributed by atoms with E-state index in [1.165, 1.54) is 0 Å². The summed E-state index contributed by atoms with van der Waals surface area (Å²) in [5, 5.41) is 0. The molecule has 0 aromatic carbocycles. The largest absolute Gasteiger partial charge is 0.0619 e. The Morgan fingerprint density at radius 1 is 0.941 bits per heavy atom. The van der Waals surface area contributed by atoms with Crippen molar-refractivity contribution in [3.63, 3.8) is 0 Å². The Morgan fingerprint density at radius 2 is 1.65 bits per heavy atom. The zero-order valence-electron chi connectivity index (χ0n) is 12.2.